The van der Waals surface area contributed by atoms with Crippen molar-refractivity contribution in [2.45, 2.75) is 83.6 Å². The summed E-state index contributed by atoms with van der Waals surface area (Å²) in [6.07, 6.45) is 12.5. The third-order valence-corrected chi connectivity index (χ3v) is 6.56. The number of carbonyl (C=O) groups excluding carboxylic acids is 2. The van der Waals surface area contributed by atoms with Crippen LogP contribution in [0.25, 0.3) is 0 Å². The Labute approximate surface area is 187 Å². The molecule has 0 bridgehead atoms. The summed E-state index contributed by atoms with van der Waals surface area (Å²) in [5, 5.41) is 6.04. The monoisotopic (exact) mass is 428 g/mol. The Balaban J connectivity index is 1.37. The number of hydrogen-bond donors (Lipinski definition) is 2. The van der Waals surface area contributed by atoms with Gasteiger partial charge in [0.2, 0.25) is 5.91 Å². The van der Waals surface area contributed by atoms with Crippen LogP contribution in [0.4, 0.5) is 16.2 Å². The Hall–Kier alpha value is -2.24. The fourth-order valence-corrected chi connectivity index (χ4v) is 4.61. The van der Waals surface area contributed by atoms with E-state index in [0.29, 0.717) is 18.4 Å². The third kappa shape index (κ3) is 7.75. The molecule has 1 aliphatic carbocycles. The van der Waals surface area contributed by atoms with Crippen molar-refractivity contribution in [1.29, 1.82) is 0 Å². The lowest BCUT2D eigenvalue weighted by Gasteiger charge is -2.36. The topological polar surface area (TPSA) is 64.7 Å². The van der Waals surface area contributed by atoms with E-state index in [1.54, 1.807) is 0 Å². The van der Waals surface area contributed by atoms with Crippen molar-refractivity contribution in [1.82, 2.24) is 10.2 Å². The molecule has 1 saturated heterocycles. The van der Waals surface area contributed by atoms with E-state index in [0.717, 1.165) is 56.8 Å². The molecule has 1 saturated carbocycles. The van der Waals surface area contributed by atoms with Crippen LogP contribution in [-0.4, -0.2) is 49.1 Å². The molecule has 6 nitrogen and oxygen atoms in total. The first kappa shape index (κ1) is 23.4. The molecular weight excluding hydrogens is 388 g/mol. The molecule has 1 aromatic rings. The molecule has 2 aliphatic rings. The van der Waals surface area contributed by atoms with Gasteiger partial charge in [0.15, 0.2) is 0 Å². The quantitative estimate of drug-likeness (QED) is 0.535. The summed E-state index contributed by atoms with van der Waals surface area (Å²) < 4.78 is 0. The Morgan fingerprint density at radius 1 is 0.903 bits per heavy atom. The molecule has 6 heteroatoms. The van der Waals surface area contributed by atoms with Gasteiger partial charge in [0.1, 0.15) is 0 Å². The second kappa shape index (κ2) is 12.6. The minimum absolute atomic E-state index is 0.110. The summed E-state index contributed by atoms with van der Waals surface area (Å²) in [5.74, 6) is 0.305. The van der Waals surface area contributed by atoms with E-state index >= 15 is 0 Å². The third-order valence-electron chi connectivity index (χ3n) is 6.56. The summed E-state index contributed by atoms with van der Waals surface area (Å²) in [7, 11) is 0. The summed E-state index contributed by atoms with van der Waals surface area (Å²) in [6, 6.07) is 8.24. The van der Waals surface area contributed by atoms with Crippen LogP contribution in [0.15, 0.2) is 24.3 Å². The average Bonchev–Trinajstić information content (AvgIpc) is 2.80. The number of benzene rings is 1. The maximum Gasteiger partial charge on any atom is 0.319 e. The van der Waals surface area contributed by atoms with Crippen molar-refractivity contribution in [3.8, 4) is 0 Å². The van der Waals surface area contributed by atoms with Gasteiger partial charge < -0.3 is 20.4 Å². The zero-order valence-corrected chi connectivity index (χ0v) is 19.2. The fraction of sp³-hybridized carbons (Fsp3) is 0.680. The summed E-state index contributed by atoms with van der Waals surface area (Å²) in [5.41, 5.74) is 1.96. The molecule has 3 amide bonds. The maximum absolute atomic E-state index is 12.4. The second-order valence-corrected chi connectivity index (χ2v) is 9.01. The van der Waals surface area contributed by atoms with Crippen LogP contribution < -0.4 is 15.5 Å². The molecule has 1 aliphatic heterocycles. The van der Waals surface area contributed by atoms with Crippen molar-refractivity contribution in [3.63, 3.8) is 0 Å². The Morgan fingerprint density at radius 3 is 2.26 bits per heavy atom. The highest BCUT2D eigenvalue weighted by Crippen LogP contribution is 2.21. The highest BCUT2D eigenvalue weighted by atomic mass is 16.2. The smallest absolute Gasteiger partial charge is 0.319 e. The fourth-order valence-electron chi connectivity index (χ4n) is 4.61. The average molecular weight is 429 g/mol. The molecule has 2 N–H and O–H groups in total. The first-order valence-electron chi connectivity index (χ1n) is 12.4. The molecule has 3 rings (SSSR count). The van der Waals surface area contributed by atoms with Gasteiger partial charge in [-0.25, -0.2) is 4.79 Å². The Bertz CT molecular complexity index is 677. The van der Waals surface area contributed by atoms with Crippen LogP contribution in [0.5, 0.6) is 0 Å². The number of rotatable bonds is 9. The SMILES string of the molecule is CCCCCCCC(=O)N1CCN(c2ccc(NC(=O)NC3CCCCC3)cc2)CC1. The van der Waals surface area contributed by atoms with E-state index in [4.69, 9.17) is 0 Å². The molecule has 0 radical (unpaired) electrons. The summed E-state index contributed by atoms with van der Waals surface area (Å²) in [4.78, 5) is 29.0. The number of urea groups is 1. The van der Waals surface area contributed by atoms with Gasteiger partial charge in [-0.2, -0.15) is 0 Å². The second-order valence-electron chi connectivity index (χ2n) is 9.01. The van der Waals surface area contributed by atoms with Crippen LogP contribution in [0.1, 0.15) is 77.6 Å². The highest BCUT2D eigenvalue weighted by Gasteiger charge is 2.21. The minimum Gasteiger partial charge on any atom is -0.368 e. The number of anilines is 2. The first-order chi connectivity index (χ1) is 15.2. The largest absolute Gasteiger partial charge is 0.368 e. The van der Waals surface area contributed by atoms with Crippen LogP contribution in [0.3, 0.4) is 0 Å². The predicted molar refractivity (Wildman–Crippen MR) is 128 cm³/mol. The zero-order valence-electron chi connectivity index (χ0n) is 19.2. The maximum atomic E-state index is 12.4. The number of unbranched alkanes of at least 4 members (excludes halogenated alkanes) is 4. The minimum atomic E-state index is -0.110. The summed E-state index contributed by atoms with van der Waals surface area (Å²) in [6.45, 7) is 5.51. The molecule has 0 aromatic heterocycles. The molecule has 0 unspecified atom stereocenters. The normalized spacial score (nSPS) is 17.5. The number of piperazine rings is 1. The lowest BCUT2D eigenvalue weighted by molar-refractivity contribution is -0.131. The van der Waals surface area contributed by atoms with Crippen molar-refractivity contribution in [2.24, 2.45) is 0 Å². The van der Waals surface area contributed by atoms with Gasteiger partial charge in [0.05, 0.1) is 0 Å². The van der Waals surface area contributed by atoms with Gasteiger partial charge in [-0.05, 0) is 43.5 Å². The van der Waals surface area contributed by atoms with Gasteiger partial charge in [-0.1, -0.05) is 51.9 Å². The van der Waals surface area contributed by atoms with Crippen LogP contribution in [0.2, 0.25) is 0 Å². The van der Waals surface area contributed by atoms with Crippen LogP contribution >= 0.6 is 0 Å². The molecule has 1 aromatic carbocycles. The lowest BCUT2D eigenvalue weighted by atomic mass is 9.96. The van der Waals surface area contributed by atoms with Gasteiger partial charge in [-0.15, -0.1) is 0 Å². The number of nitrogens with zero attached hydrogens (tertiary/aromatic N) is 2. The van der Waals surface area contributed by atoms with Crippen LogP contribution in [-0.2, 0) is 4.79 Å². The van der Waals surface area contributed by atoms with E-state index < -0.39 is 0 Å². The lowest BCUT2D eigenvalue weighted by Crippen LogP contribution is -2.48. The summed E-state index contributed by atoms with van der Waals surface area (Å²) >= 11 is 0. The van der Waals surface area contributed by atoms with Crippen molar-refractivity contribution in [3.05, 3.63) is 24.3 Å². The van der Waals surface area contributed by atoms with E-state index in [2.05, 4.69) is 34.6 Å². The standard InChI is InChI=1S/C25H40N4O2/c1-2-3-4-5-9-12-24(30)29-19-17-28(18-20-29)23-15-13-22(14-16-23)27-25(31)26-21-10-7-6-8-11-21/h13-16,21H,2-12,17-20H2,1H3,(H2,26,27,31). The predicted octanol–water partition coefficient (Wildman–Crippen LogP) is 5.15. The number of amides is 3. The molecule has 0 spiro atoms. The molecule has 2 fully saturated rings. The molecule has 0 atom stereocenters. The van der Waals surface area contributed by atoms with E-state index in [9.17, 15) is 9.59 Å². The molecule has 1 heterocycles. The molecule has 31 heavy (non-hydrogen) atoms. The highest BCUT2D eigenvalue weighted by molar-refractivity contribution is 5.89. The molecule has 172 valence electrons. The zero-order chi connectivity index (χ0) is 21.9. The van der Waals surface area contributed by atoms with Gasteiger partial charge in [0.25, 0.3) is 0 Å². The van der Waals surface area contributed by atoms with Crippen molar-refractivity contribution >= 4 is 23.3 Å². The molecular formula is C25H40N4O2. The van der Waals surface area contributed by atoms with Crippen molar-refractivity contribution < 1.29 is 9.59 Å². The van der Waals surface area contributed by atoms with E-state index in [1.165, 1.54) is 44.9 Å². The van der Waals surface area contributed by atoms with Gasteiger partial charge in [-0.3, -0.25) is 4.79 Å². The van der Waals surface area contributed by atoms with Crippen LogP contribution in [0, 0.1) is 0 Å². The van der Waals surface area contributed by atoms with E-state index in [-0.39, 0.29) is 6.03 Å². The number of nitrogens with one attached hydrogen (secondary N) is 2. The Kier molecular flexibility index (Phi) is 9.50. The van der Waals surface area contributed by atoms with Gasteiger partial charge >= 0.3 is 6.03 Å². The first-order valence-corrected chi connectivity index (χ1v) is 12.4. The Morgan fingerprint density at radius 2 is 1.58 bits per heavy atom. The van der Waals surface area contributed by atoms with E-state index in [1.807, 2.05) is 17.0 Å². The van der Waals surface area contributed by atoms with Gasteiger partial charge in [0, 0.05) is 50.0 Å². The number of carbonyl (C=O) groups is 2. The number of hydrogen-bond acceptors (Lipinski definition) is 3. The van der Waals surface area contributed by atoms with Crippen molar-refractivity contribution in [2.75, 3.05) is 36.4 Å².